The fourth-order valence-electron chi connectivity index (χ4n) is 1.91. The lowest BCUT2D eigenvalue weighted by Gasteiger charge is -2.20. The van der Waals surface area contributed by atoms with Crippen molar-refractivity contribution in [3.05, 3.63) is 0 Å². The van der Waals surface area contributed by atoms with Gasteiger partial charge >= 0.3 is 0 Å². The SMILES string of the molecule is CCNC(=NCC(C)(C)SC)NCCOCC1CCCO1. The summed E-state index contributed by atoms with van der Waals surface area (Å²) in [5.74, 6) is 0.861. The van der Waals surface area contributed by atoms with Crippen LogP contribution in [0.5, 0.6) is 0 Å². The van der Waals surface area contributed by atoms with Crippen LogP contribution < -0.4 is 10.6 Å². The minimum absolute atomic E-state index is 0.165. The summed E-state index contributed by atoms with van der Waals surface area (Å²) < 4.78 is 11.3. The highest BCUT2D eigenvalue weighted by Crippen LogP contribution is 2.20. The molecule has 0 aromatic carbocycles. The van der Waals surface area contributed by atoms with Crippen LogP contribution in [0.2, 0.25) is 0 Å². The van der Waals surface area contributed by atoms with Crippen molar-refractivity contribution in [2.24, 2.45) is 4.99 Å². The molecule has 2 N–H and O–H groups in total. The second-order valence-electron chi connectivity index (χ2n) is 5.80. The van der Waals surface area contributed by atoms with Gasteiger partial charge in [0.05, 0.1) is 25.9 Å². The van der Waals surface area contributed by atoms with Gasteiger partial charge in [0.1, 0.15) is 0 Å². The Morgan fingerprint density at radius 3 is 2.86 bits per heavy atom. The normalized spacial score (nSPS) is 19.8. The molecule has 21 heavy (non-hydrogen) atoms. The molecule has 124 valence electrons. The molecule has 5 nitrogen and oxygen atoms in total. The van der Waals surface area contributed by atoms with Gasteiger partial charge in [0.15, 0.2) is 5.96 Å². The number of thioether (sulfide) groups is 1. The van der Waals surface area contributed by atoms with E-state index >= 15 is 0 Å². The van der Waals surface area contributed by atoms with Gasteiger partial charge in [0.2, 0.25) is 0 Å². The zero-order valence-electron chi connectivity index (χ0n) is 13.9. The molecule has 0 spiro atoms. The van der Waals surface area contributed by atoms with Crippen molar-refractivity contribution in [3.8, 4) is 0 Å². The van der Waals surface area contributed by atoms with Gasteiger partial charge in [-0.05, 0) is 39.9 Å². The molecule has 1 unspecified atom stereocenters. The summed E-state index contributed by atoms with van der Waals surface area (Å²) in [6.07, 6.45) is 4.71. The van der Waals surface area contributed by atoms with E-state index in [4.69, 9.17) is 9.47 Å². The maximum absolute atomic E-state index is 5.64. The van der Waals surface area contributed by atoms with Crippen LogP contribution in [0, 0.1) is 0 Å². The topological polar surface area (TPSA) is 54.9 Å². The second kappa shape index (κ2) is 10.3. The fraction of sp³-hybridized carbons (Fsp3) is 0.933. The molecule has 0 bridgehead atoms. The van der Waals surface area contributed by atoms with Gasteiger partial charge in [-0.25, -0.2) is 0 Å². The molecule has 1 rings (SSSR count). The van der Waals surface area contributed by atoms with Crippen molar-refractivity contribution in [1.82, 2.24) is 10.6 Å². The van der Waals surface area contributed by atoms with Gasteiger partial charge in [-0.2, -0.15) is 11.8 Å². The zero-order chi connectivity index (χ0) is 15.6. The van der Waals surface area contributed by atoms with Crippen LogP contribution in [0.1, 0.15) is 33.6 Å². The molecule has 6 heteroatoms. The highest BCUT2D eigenvalue weighted by atomic mass is 32.2. The molecule has 1 aliphatic rings. The second-order valence-corrected chi connectivity index (χ2v) is 7.31. The number of hydrogen-bond donors (Lipinski definition) is 2. The smallest absolute Gasteiger partial charge is 0.191 e. The van der Waals surface area contributed by atoms with Crippen molar-refractivity contribution in [1.29, 1.82) is 0 Å². The van der Waals surface area contributed by atoms with Crippen LogP contribution >= 0.6 is 11.8 Å². The average molecular weight is 317 g/mol. The zero-order valence-corrected chi connectivity index (χ0v) is 14.7. The van der Waals surface area contributed by atoms with Crippen LogP contribution in [0.15, 0.2) is 4.99 Å². The molecular formula is C15H31N3O2S. The Hall–Kier alpha value is -0.460. The largest absolute Gasteiger partial charge is 0.377 e. The summed E-state index contributed by atoms with van der Waals surface area (Å²) in [7, 11) is 0. The molecule has 0 amide bonds. The molecule has 1 fully saturated rings. The molecule has 0 radical (unpaired) electrons. The Labute approximate surface area is 133 Å². The first-order valence-electron chi connectivity index (χ1n) is 7.84. The summed E-state index contributed by atoms with van der Waals surface area (Å²) in [4.78, 5) is 4.62. The van der Waals surface area contributed by atoms with Crippen molar-refractivity contribution in [2.45, 2.75) is 44.5 Å². The summed E-state index contributed by atoms with van der Waals surface area (Å²) in [5.41, 5.74) is 0. The minimum atomic E-state index is 0.165. The lowest BCUT2D eigenvalue weighted by Crippen LogP contribution is -2.40. The van der Waals surface area contributed by atoms with E-state index in [0.29, 0.717) is 19.3 Å². The van der Waals surface area contributed by atoms with Gasteiger partial charge in [-0.1, -0.05) is 0 Å². The minimum Gasteiger partial charge on any atom is -0.377 e. The Balaban J connectivity index is 2.18. The molecule has 1 aliphatic heterocycles. The van der Waals surface area contributed by atoms with Crippen molar-refractivity contribution in [2.75, 3.05) is 45.7 Å². The number of nitrogens with zero attached hydrogens (tertiary/aromatic N) is 1. The molecular weight excluding hydrogens is 286 g/mol. The molecule has 0 aromatic rings. The third kappa shape index (κ3) is 8.53. The van der Waals surface area contributed by atoms with Gasteiger partial charge < -0.3 is 20.1 Å². The number of aliphatic imine (C=N–C) groups is 1. The summed E-state index contributed by atoms with van der Waals surface area (Å²) in [5, 5.41) is 6.57. The summed E-state index contributed by atoms with van der Waals surface area (Å²) >= 11 is 1.83. The van der Waals surface area contributed by atoms with Crippen molar-refractivity contribution >= 4 is 17.7 Å². The van der Waals surface area contributed by atoms with Crippen molar-refractivity contribution < 1.29 is 9.47 Å². The first-order chi connectivity index (χ1) is 10.1. The lowest BCUT2D eigenvalue weighted by molar-refractivity contribution is 0.0191. The molecule has 1 saturated heterocycles. The third-order valence-electron chi connectivity index (χ3n) is 3.38. The first kappa shape index (κ1) is 18.6. The Morgan fingerprint density at radius 1 is 1.43 bits per heavy atom. The van der Waals surface area contributed by atoms with Crippen LogP contribution in [0.3, 0.4) is 0 Å². The Bertz CT molecular complexity index is 305. The highest BCUT2D eigenvalue weighted by molar-refractivity contribution is 7.99. The van der Waals surface area contributed by atoms with Crippen LogP contribution in [-0.4, -0.2) is 62.5 Å². The Kier molecular flexibility index (Phi) is 9.11. The number of rotatable bonds is 9. The van der Waals surface area contributed by atoms with Crippen LogP contribution in [-0.2, 0) is 9.47 Å². The van der Waals surface area contributed by atoms with E-state index in [1.54, 1.807) is 0 Å². The van der Waals surface area contributed by atoms with Crippen LogP contribution in [0.25, 0.3) is 0 Å². The average Bonchev–Trinajstić information content (AvgIpc) is 2.97. The predicted molar refractivity (Wildman–Crippen MR) is 91.4 cm³/mol. The van der Waals surface area contributed by atoms with E-state index in [2.05, 4.69) is 42.7 Å². The van der Waals surface area contributed by atoms with E-state index in [-0.39, 0.29) is 4.75 Å². The maximum Gasteiger partial charge on any atom is 0.191 e. The van der Waals surface area contributed by atoms with Gasteiger partial charge in [0.25, 0.3) is 0 Å². The van der Waals surface area contributed by atoms with Gasteiger partial charge in [0, 0.05) is 24.4 Å². The summed E-state index contributed by atoms with van der Waals surface area (Å²) in [6, 6.07) is 0. The van der Waals surface area contributed by atoms with Crippen LogP contribution in [0.4, 0.5) is 0 Å². The number of nitrogens with one attached hydrogen (secondary N) is 2. The van der Waals surface area contributed by atoms with Gasteiger partial charge in [-0.15, -0.1) is 0 Å². The van der Waals surface area contributed by atoms with E-state index < -0.39 is 0 Å². The molecule has 1 atom stereocenters. The fourth-order valence-corrected chi connectivity index (χ4v) is 2.10. The lowest BCUT2D eigenvalue weighted by atomic mass is 10.2. The quantitative estimate of drug-likeness (QED) is 0.386. The van der Waals surface area contributed by atoms with E-state index in [1.807, 2.05) is 11.8 Å². The number of guanidine groups is 1. The van der Waals surface area contributed by atoms with Gasteiger partial charge in [-0.3, -0.25) is 4.99 Å². The first-order valence-corrected chi connectivity index (χ1v) is 9.06. The number of ether oxygens (including phenoxy) is 2. The standard InChI is InChI=1S/C15H31N3O2S/c1-5-16-14(18-12-15(2,3)21-4)17-8-10-19-11-13-7-6-9-20-13/h13H,5-12H2,1-4H3,(H2,16,17,18). The van der Waals surface area contributed by atoms with Crippen molar-refractivity contribution in [3.63, 3.8) is 0 Å². The van der Waals surface area contributed by atoms with E-state index in [9.17, 15) is 0 Å². The predicted octanol–water partition coefficient (Wildman–Crippen LogP) is 1.88. The maximum atomic E-state index is 5.64. The molecule has 0 aromatic heterocycles. The molecule has 1 heterocycles. The Morgan fingerprint density at radius 2 is 2.24 bits per heavy atom. The highest BCUT2D eigenvalue weighted by Gasteiger charge is 2.16. The van der Waals surface area contributed by atoms with E-state index in [1.165, 1.54) is 0 Å². The number of hydrogen-bond acceptors (Lipinski definition) is 4. The molecule has 0 saturated carbocycles. The molecule has 0 aliphatic carbocycles. The summed E-state index contributed by atoms with van der Waals surface area (Å²) in [6.45, 7) is 11.2. The third-order valence-corrected chi connectivity index (χ3v) is 4.62. The monoisotopic (exact) mass is 317 g/mol. The van der Waals surface area contributed by atoms with E-state index in [0.717, 1.165) is 45.0 Å².